The minimum atomic E-state index is -0.881. The molecule has 3 aromatic heterocycles. The van der Waals surface area contributed by atoms with E-state index >= 15 is 0 Å². The van der Waals surface area contributed by atoms with Gasteiger partial charge in [-0.3, -0.25) is 4.68 Å². The van der Waals surface area contributed by atoms with Crippen LogP contribution < -0.4 is 4.90 Å². The number of aryl methyl sites for hydroxylation is 1. The highest BCUT2D eigenvalue weighted by atomic mass is 32.2. The maximum Gasteiger partial charge on any atom is 0.142 e. The number of rotatable bonds is 6. The molecular weight excluding hydrogens is 398 g/mol. The van der Waals surface area contributed by atoms with E-state index in [1.165, 1.54) is 5.69 Å². The highest BCUT2D eigenvalue weighted by molar-refractivity contribution is 7.82. The molecule has 0 aromatic carbocycles. The van der Waals surface area contributed by atoms with Crippen LogP contribution in [0.1, 0.15) is 37.3 Å². The molecule has 8 nitrogen and oxygen atoms in total. The summed E-state index contributed by atoms with van der Waals surface area (Å²) >= 11 is 0. The van der Waals surface area contributed by atoms with Gasteiger partial charge in [-0.05, 0) is 43.7 Å². The van der Waals surface area contributed by atoms with Gasteiger partial charge in [0.15, 0.2) is 0 Å². The van der Waals surface area contributed by atoms with Crippen molar-refractivity contribution in [3.05, 3.63) is 36.5 Å². The normalized spacial score (nSPS) is 24.1. The Bertz CT molecular complexity index is 1030. The topological polar surface area (TPSA) is 82.9 Å². The van der Waals surface area contributed by atoms with Gasteiger partial charge in [-0.15, -0.1) is 0 Å². The molecule has 1 saturated heterocycles. The Morgan fingerprint density at radius 1 is 1.23 bits per heavy atom. The van der Waals surface area contributed by atoms with Gasteiger partial charge in [-0.1, -0.05) is 0 Å². The second-order valence-electron chi connectivity index (χ2n) is 8.65. The van der Waals surface area contributed by atoms with Gasteiger partial charge in [-0.2, -0.15) is 5.10 Å². The molecule has 0 radical (unpaired) electrons. The standard InChI is InChI=1S/C21H29N7OS/c1-26-8-6-19(25-26)16-4-9-28(10-5-16)30(29)13-15-11-17(12-15)27(2)21-18-3-7-22-20(18)23-14-24-21/h3,6-8,14-17H,4-5,9-13H2,1-2H3,(H,22,23,24). The van der Waals surface area contributed by atoms with Crippen LogP contribution in [0.5, 0.6) is 0 Å². The Hall–Kier alpha value is -2.26. The average molecular weight is 428 g/mol. The Morgan fingerprint density at radius 2 is 2.03 bits per heavy atom. The lowest BCUT2D eigenvalue weighted by atomic mass is 9.81. The van der Waals surface area contributed by atoms with Crippen molar-refractivity contribution in [2.24, 2.45) is 13.0 Å². The summed E-state index contributed by atoms with van der Waals surface area (Å²) in [5.74, 6) is 2.78. The molecule has 2 fully saturated rings. The van der Waals surface area contributed by atoms with Crippen LogP contribution in [0, 0.1) is 5.92 Å². The van der Waals surface area contributed by atoms with E-state index in [-0.39, 0.29) is 0 Å². The van der Waals surface area contributed by atoms with Gasteiger partial charge in [0.05, 0.1) is 22.1 Å². The molecule has 2 aliphatic rings. The van der Waals surface area contributed by atoms with Crippen LogP contribution in [0.25, 0.3) is 11.0 Å². The van der Waals surface area contributed by atoms with Crippen molar-refractivity contribution in [1.82, 2.24) is 29.0 Å². The molecule has 5 rings (SSSR count). The van der Waals surface area contributed by atoms with E-state index in [0.717, 1.165) is 61.4 Å². The molecule has 1 aliphatic heterocycles. The molecule has 1 aliphatic carbocycles. The first kappa shape index (κ1) is 19.7. The number of aromatic amines is 1. The van der Waals surface area contributed by atoms with Crippen LogP contribution in [0.3, 0.4) is 0 Å². The molecule has 3 aromatic rings. The third-order valence-electron chi connectivity index (χ3n) is 6.70. The molecule has 4 heterocycles. The van der Waals surface area contributed by atoms with Gasteiger partial charge in [-0.25, -0.2) is 18.5 Å². The monoisotopic (exact) mass is 427 g/mol. The molecule has 0 amide bonds. The smallest absolute Gasteiger partial charge is 0.142 e. The molecule has 160 valence electrons. The van der Waals surface area contributed by atoms with E-state index in [9.17, 15) is 4.21 Å². The summed E-state index contributed by atoms with van der Waals surface area (Å²) in [5.41, 5.74) is 2.05. The first-order valence-corrected chi connectivity index (χ1v) is 12.0. The van der Waals surface area contributed by atoms with E-state index in [2.05, 4.69) is 42.4 Å². The number of hydrogen-bond acceptors (Lipinski definition) is 5. The highest BCUT2D eigenvalue weighted by Gasteiger charge is 2.36. The Balaban J connectivity index is 1.11. The van der Waals surface area contributed by atoms with Crippen molar-refractivity contribution in [2.45, 2.75) is 37.6 Å². The highest BCUT2D eigenvalue weighted by Crippen LogP contribution is 2.36. The number of piperidine rings is 1. The summed E-state index contributed by atoms with van der Waals surface area (Å²) in [6.45, 7) is 1.80. The van der Waals surface area contributed by atoms with E-state index in [4.69, 9.17) is 0 Å². The lowest BCUT2D eigenvalue weighted by molar-refractivity contribution is 0.277. The fourth-order valence-electron chi connectivity index (χ4n) is 4.78. The number of hydrogen-bond donors (Lipinski definition) is 1. The fourth-order valence-corrected chi connectivity index (χ4v) is 6.28. The average Bonchev–Trinajstić information content (AvgIpc) is 3.38. The molecule has 9 heteroatoms. The molecule has 0 spiro atoms. The fraction of sp³-hybridized carbons (Fsp3) is 0.571. The Kier molecular flexibility index (Phi) is 5.32. The lowest BCUT2D eigenvalue weighted by Gasteiger charge is -2.42. The maximum absolute atomic E-state index is 12.9. The van der Waals surface area contributed by atoms with Crippen LogP contribution in [-0.4, -0.2) is 65.2 Å². The third-order valence-corrected chi connectivity index (χ3v) is 8.40. The van der Waals surface area contributed by atoms with Crippen LogP contribution in [0.4, 0.5) is 5.82 Å². The summed E-state index contributed by atoms with van der Waals surface area (Å²) in [6, 6.07) is 4.59. The van der Waals surface area contributed by atoms with E-state index < -0.39 is 11.0 Å². The number of anilines is 1. The van der Waals surface area contributed by atoms with Crippen LogP contribution in [0.2, 0.25) is 0 Å². The summed E-state index contributed by atoms with van der Waals surface area (Å²) < 4.78 is 17.0. The van der Waals surface area contributed by atoms with Gasteiger partial charge in [0.25, 0.3) is 0 Å². The Labute approximate surface area is 179 Å². The van der Waals surface area contributed by atoms with Crippen LogP contribution in [-0.2, 0) is 18.0 Å². The van der Waals surface area contributed by atoms with Crippen molar-refractivity contribution in [1.29, 1.82) is 0 Å². The molecule has 1 unspecified atom stereocenters. The summed E-state index contributed by atoms with van der Waals surface area (Å²) in [7, 11) is 3.19. The van der Waals surface area contributed by atoms with Crippen LogP contribution in [0.15, 0.2) is 30.9 Å². The zero-order valence-corrected chi connectivity index (χ0v) is 18.4. The minimum Gasteiger partial charge on any atom is -0.356 e. The Morgan fingerprint density at radius 3 is 2.77 bits per heavy atom. The molecule has 1 atom stereocenters. The molecular formula is C21H29N7OS. The first-order valence-electron chi connectivity index (χ1n) is 10.7. The summed E-state index contributed by atoms with van der Waals surface area (Å²) in [5, 5.41) is 5.61. The second kappa shape index (κ2) is 8.11. The molecule has 30 heavy (non-hydrogen) atoms. The first-order chi connectivity index (χ1) is 14.6. The second-order valence-corrected chi connectivity index (χ2v) is 10.1. The summed E-state index contributed by atoms with van der Waals surface area (Å²) in [4.78, 5) is 14.2. The predicted molar refractivity (Wildman–Crippen MR) is 119 cm³/mol. The number of H-pyrrole nitrogens is 1. The van der Waals surface area contributed by atoms with Crippen molar-refractivity contribution >= 4 is 27.8 Å². The number of aromatic nitrogens is 5. The molecule has 1 saturated carbocycles. The van der Waals surface area contributed by atoms with Gasteiger partial charge in [0.2, 0.25) is 0 Å². The van der Waals surface area contributed by atoms with Gasteiger partial charge in [0, 0.05) is 57.3 Å². The summed E-state index contributed by atoms with van der Waals surface area (Å²) in [6.07, 6.45) is 9.75. The minimum absolute atomic E-state index is 0.454. The zero-order valence-electron chi connectivity index (χ0n) is 17.6. The lowest BCUT2D eigenvalue weighted by Crippen LogP contribution is -2.46. The molecule has 0 bridgehead atoms. The van der Waals surface area contributed by atoms with E-state index in [1.54, 1.807) is 6.33 Å². The van der Waals surface area contributed by atoms with Crippen molar-refractivity contribution in [3.8, 4) is 0 Å². The van der Waals surface area contributed by atoms with Gasteiger partial charge >= 0.3 is 0 Å². The zero-order chi connectivity index (χ0) is 20.7. The SMILES string of the molecule is CN(c1ncnc2[nH]ccc12)C1CC(CS(=O)N2CCC(c3ccn(C)n3)CC2)C1. The van der Waals surface area contributed by atoms with Crippen molar-refractivity contribution in [2.75, 3.05) is 30.8 Å². The van der Waals surface area contributed by atoms with Gasteiger partial charge in [0.1, 0.15) is 17.8 Å². The third kappa shape index (κ3) is 3.76. The van der Waals surface area contributed by atoms with Gasteiger partial charge < -0.3 is 9.88 Å². The van der Waals surface area contributed by atoms with Crippen molar-refractivity contribution < 1.29 is 4.21 Å². The van der Waals surface area contributed by atoms with E-state index in [1.807, 2.05) is 30.2 Å². The number of nitrogens with one attached hydrogen (secondary N) is 1. The van der Waals surface area contributed by atoms with Crippen LogP contribution >= 0.6 is 0 Å². The largest absolute Gasteiger partial charge is 0.356 e. The quantitative estimate of drug-likeness (QED) is 0.653. The number of nitrogens with zero attached hydrogens (tertiary/aromatic N) is 6. The maximum atomic E-state index is 12.9. The number of fused-ring (bicyclic) bond motifs is 1. The molecule has 1 N–H and O–H groups in total. The predicted octanol–water partition coefficient (Wildman–Crippen LogP) is 2.45. The van der Waals surface area contributed by atoms with E-state index in [0.29, 0.717) is 17.9 Å². The van der Waals surface area contributed by atoms with Crippen molar-refractivity contribution in [3.63, 3.8) is 0 Å².